The number of para-hydroxylation sites is 2. The summed E-state index contributed by atoms with van der Waals surface area (Å²) < 4.78 is 0. The van der Waals surface area contributed by atoms with E-state index in [0.717, 1.165) is 6.42 Å². The lowest BCUT2D eigenvalue weighted by Crippen LogP contribution is -2.48. The summed E-state index contributed by atoms with van der Waals surface area (Å²) in [6.07, 6.45) is 0.741. The molecule has 2 atom stereocenters. The largest absolute Gasteiger partial charge is 0.304 e. The van der Waals surface area contributed by atoms with E-state index in [0.29, 0.717) is 12.2 Å². The van der Waals surface area contributed by atoms with E-state index in [1.165, 1.54) is 6.07 Å². The Labute approximate surface area is 97.4 Å². The second-order valence-electron chi connectivity index (χ2n) is 4.30. The monoisotopic (exact) mass is 233 g/mol. The molecule has 0 radical (unpaired) electrons. The molecule has 6 heteroatoms. The molecule has 2 aliphatic heterocycles. The zero-order chi connectivity index (χ0) is 12.0. The normalized spacial score (nSPS) is 26.6. The van der Waals surface area contributed by atoms with E-state index < -0.39 is 4.92 Å². The highest BCUT2D eigenvalue weighted by Gasteiger charge is 2.46. The standard InChI is InChI=1S/C11H11N3O3/c15-11-8-5-7(6-12-8)13(11)9-3-1-2-4-10(9)14(16)17/h1-4,7-8,12H,5-6H2. The average molecular weight is 233 g/mol. The van der Waals surface area contributed by atoms with Gasteiger partial charge in [-0.2, -0.15) is 0 Å². The maximum absolute atomic E-state index is 12.0. The number of hydrogen-bond donors (Lipinski definition) is 1. The van der Waals surface area contributed by atoms with E-state index in [1.54, 1.807) is 23.1 Å². The third-order valence-electron chi connectivity index (χ3n) is 3.35. The van der Waals surface area contributed by atoms with Crippen molar-refractivity contribution in [1.82, 2.24) is 5.32 Å². The summed E-state index contributed by atoms with van der Waals surface area (Å²) in [5.41, 5.74) is 0.407. The van der Waals surface area contributed by atoms with Gasteiger partial charge < -0.3 is 10.2 Å². The number of amides is 1. The van der Waals surface area contributed by atoms with Crippen LogP contribution in [0.25, 0.3) is 0 Å². The van der Waals surface area contributed by atoms with Crippen molar-refractivity contribution in [2.45, 2.75) is 18.5 Å². The van der Waals surface area contributed by atoms with Gasteiger partial charge in [-0.25, -0.2) is 0 Å². The minimum Gasteiger partial charge on any atom is -0.304 e. The van der Waals surface area contributed by atoms with Crippen LogP contribution in [0.3, 0.4) is 0 Å². The molecule has 6 nitrogen and oxygen atoms in total. The maximum atomic E-state index is 12.0. The average Bonchev–Trinajstić information content (AvgIpc) is 2.89. The van der Waals surface area contributed by atoms with Gasteiger partial charge in [-0.3, -0.25) is 14.9 Å². The predicted octanol–water partition coefficient (Wildman–Crippen LogP) is 0.672. The van der Waals surface area contributed by atoms with Crippen molar-refractivity contribution in [3.63, 3.8) is 0 Å². The molecule has 0 aliphatic carbocycles. The Morgan fingerprint density at radius 3 is 2.82 bits per heavy atom. The Bertz CT molecular complexity index is 502. The van der Waals surface area contributed by atoms with Crippen LogP contribution in [-0.2, 0) is 4.79 Å². The lowest BCUT2D eigenvalue weighted by atomic mass is 10.2. The first kappa shape index (κ1) is 10.2. The number of nitrogens with zero attached hydrogens (tertiary/aromatic N) is 2. The first-order valence-corrected chi connectivity index (χ1v) is 5.48. The van der Waals surface area contributed by atoms with E-state index in [4.69, 9.17) is 0 Å². The third-order valence-corrected chi connectivity index (χ3v) is 3.35. The number of hydrogen-bond acceptors (Lipinski definition) is 4. The molecule has 2 bridgehead atoms. The van der Waals surface area contributed by atoms with Gasteiger partial charge in [0.25, 0.3) is 5.69 Å². The zero-order valence-electron chi connectivity index (χ0n) is 9.00. The van der Waals surface area contributed by atoms with Gasteiger partial charge in [0.15, 0.2) is 0 Å². The lowest BCUT2D eigenvalue weighted by Gasteiger charge is -2.27. The Morgan fingerprint density at radius 1 is 1.41 bits per heavy atom. The van der Waals surface area contributed by atoms with Crippen LogP contribution in [0.4, 0.5) is 11.4 Å². The molecule has 2 aliphatic rings. The molecule has 2 saturated heterocycles. The highest BCUT2D eigenvalue weighted by molar-refractivity contribution is 6.02. The Hall–Kier alpha value is -1.95. The quantitative estimate of drug-likeness (QED) is 0.601. The minimum atomic E-state index is -0.442. The van der Waals surface area contributed by atoms with Crippen LogP contribution >= 0.6 is 0 Å². The first-order valence-electron chi connectivity index (χ1n) is 5.48. The van der Waals surface area contributed by atoms with Gasteiger partial charge in [-0.1, -0.05) is 12.1 Å². The molecule has 1 aromatic carbocycles. The van der Waals surface area contributed by atoms with Crippen molar-refractivity contribution in [3.8, 4) is 0 Å². The van der Waals surface area contributed by atoms with E-state index in [-0.39, 0.29) is 23.7 Å². The van der Waals surface area contributed by atoms with Crippen LogP contribution in [0.15, 0.2) is 24.3 Å². The van der Waals surface area contributed by atoms with Gasteiger partial charge in [0, 0.05) is 12.6 Å². The topological polar surface area (TPSA) is 75.5 Å². The van der Waals surface area contributed by atoms with Crippen molar-refractivity contribution < 1.29 is 9.72 Å². The maximum Gasteiger partial charge on any atom is 0.292 e. The number of anilines is 1. The van der Waals surface area contributed by atoms with E-state index in [9.17, 15) is 14.9 Å². The number of rotatable bonds is 2. The van der Waals surface area contributed by atoms with Gasteiger partial charge in [0.2, 0.25) is 5.91 Å². The Morgan fingerprint density at radius 2 is 2.18 bits per heavy atom. The zero-order valence-corrected chi connectivity index (χ0v) is 9.00. The molecule has 0 aromatic heterocycles. The Kier molecular flexibility index (Phi) is 2.12. The summed E-state index contributed by atoms with van der Waals surface area (Å²) in [6, 6.07) is 6.28. The van der Waals surface area contributed by atoms with Crippen LogP contribution in [0.5, 0.6) is 0 Å². The van der Waals surface area contributed by atoms with Crippen molar-refractivity contribution >= 4 is 17.3 Å². The molecule has 88 valence electrons. The molecule has 1 aromatic rings. The molecule has 0 saturated carbocycles. The van der Waals surface area contributed by atoms with Gasteiger partial charge >= 0.3 is 0 Å². The lowest BCUT2D eigenvalue weighted by molar-refractivity contribution is -0.384. The SMILES string of the molecule is O=C1C2CC(CN2)N1c1ccccc1[N+](=O)[O-]. The van der Waals surface area contributed by atoms with Gasteiger partial charge in [0.1, 0.15) is 5.69 Å². The third kappa shape index (κ3) is 1.41. The fourth-order valence-corrected chi connectivity index (χ4v) is 2.59. The smallest absolute Gasteiger partial charge is 0.292 e. The van der Waals surface area contributed by atoms with Gasteiger partial charge in [-0.15, -0.1) is 0 Å². The van der Waals surface area contributed by atoms with Crippen LogP contribution < -0.4 is 10.2 Å². The number of nitrogens with one attached hydrogen (secondary N) is 1. The predicted molar refractivity (Wildman–Crippen MR) is 60.8 cm³/mol. The fourth-order valence-electron chi connectivity index (χ4n) is 2.59. The molecule has 1 N–H and O–H groups in total. The van der Waals surface area contributed by atoms with E-state index in [2.05, 4.69) is 5.32 Å². The number of piperazine rings is 1. The summed E-state index contributed by atoms with van der Waals surface area (Å²) in [7, 11) is 0. The highest BCUT2D eigenvalue weighted by atomic mass is 16.6. The summed E-state index contributed by atoms with van der Waals surface area (Å²) in [5.74, 6) is -0.0597. The molecular formula is C11H11N3O3. The van der Waals surface area contributed by atoms with Crippen LogP contribution in [-0.4, -0.2) is 29.5 Å². The highest BCUT2D eigenvalue weighted by Crippen LogP contribution is 2.35. The molecule has 1 amide bonds. The first-order chi connectivity index (χ1) is 8.18. The molecular weight excluding hydrogens is 222 g/mol. The molecule has 2 fully saturated rings. The van der Waals surface area contributed by atoms with E-state index in [1.807, 2.05) is 0 Å². The summed E-state index contributed by atoms with van der Waals surface area (Å²) in [6.45, 7) is 0.711. The summed E-state index contributed by atoms with van der Waals surface area (Å²) in [4.78, 5) is 24.1. The van der Waals surface area contributed by atoms with Crippen LogP contribution in [0.2, 0.25) is 0 Å². The molecule has 2 unspecified atom stereocenters. The Balaban J connectivity index is 2.05. The van der Waals surface area contributed by atoms with Crippen LogP contribution in [0.1, 0.15) is 6.42 Å². The number of benzene rings is 1. The minimum absolute atomic E-state index is 0.00611. The number of fused-ring (bicyclic) bond motifs is 2. The number of nitro benzene ring substituents is 1. The van der Waals surface area contributed by atoms with Crippen molar-refractivity contribution in [1.29, 1.82) is 0 Å². The number of nitro groups is 1. The second kappa shape index (κ2) is 3.53. The van der Waals surface area contributed by atoms with Crippen LogP contribution in [0, 0.1) is 10.1 Å². The van der Waals surface area contributed by atoms with Crippen molar-refractivity contribution in [3.05, 3.63) is 34.4 Å². The van der Waals surface area contributed by atoms with Crippen molar-refractivity contribution in [2.75, 3.05) is 11.4 Å². The molecule has 17 heavy (non-hydrogen) atoms. The molecule has 2 heterocycles. The number of carbonyl (C=O) groups excluding carboxylic acids is 1. The fraction of sp³-hybridized carbons (Fsp3) is 0.364. The summed E-state index contributed by atoms with van der Waals surface area (Å²) >= 11 is 0. The molecule has 0 spiro atoms. The number of carbonyl (C=O) groups is 1. The summed E-state index contributed by atoms with van der Waals surface area (Å²) in [5, 5.41) is 14.0. The van der Waals surface area contributed by atoms with Crippen molar-refractivity contribution in [2.24, 2.45) is 0 Å². The van der Waals surface area contributed by atoms with E-state index >= 15 is 0 Å². The second-order valence-corrected chi connectivity index (χ2v) is 4.30. The van der Waals surface area contributed by atoms with Gasteiger partial charge in [0.05, 0.1) is 17.0 Å². The van der Waals surface area contributed by atoms with Gasteiger partial charge in [-0.05, 0) is 12.5 Å². The molecule has 3 rings (SSSR count).